The topological polar surface area (TPSA) is 39.2 Å². The Balaban J connectivity index is 2.05. The zero-order valence-corrected chi connectivity index (χ0v) is 10.5. The van der Waals surface area contributed by atoms with Crippen molar-refractivity contribution in [2.75, 3.05) is 0 Å². The molecule has 0 bridgehead atoms. The van der Waals surface area contributed by atoms with Crippen LogP contribution in [0.1, 0.15) is 17.4 Å². The Kier molecular flexibility index (Phi) is 3.17. The van der Waals surface area contributed by atoms with E-state index < -0.39 is 29.3 Å². The molecule has 0 fully saturated rings. The highest BCUT2D eigenvalue weighted by molar-refractivity contribution is 5.78. The summed E-state index contributed by atoms with van der Waals surface area (Å²) in [5, 5.41) is 0.475. The van der Waals surface area contributed by atoms with Gasteiger partial charge in [0.05, 0.1) is 6.04 Å². The Morgan fingerprint density at radius 1 is 0.905 bits per heavy atom. The molecule has 1 aromatic heterocycles. The van der Waals surface area contributed by atoms with Crippen LogP contribution in [0, 0.1) is 23.3 Å². The zero-order chi connectivity index (χ0) is 15.1. The van der Waals surface area contributed by atoms with E-state index in [9.17, 15) is 17.6 Å². The summed E-state index contributed by atoms with van der Waals surface area (Å²) in [4.78, 5) is 0. The molecule has 2 nitrogen and oxygen atoms in total. The molecular weight excluding hydrogens is 286 g/mol. The molecule has 0 amide bonds. The summed E-state index contributed by atoms with van der Waals surface area (Å²) >= 11 is 0. The van der Waals surface area contributed by atoms with Crippen LogP contribution in [-0.2, 0) is 0 Å². The van der Waals surface area contributed by atoms with E-state index in [2.05, 4.69) is 0 Å². The lowest BCUT2D eigenvalue weighted by Gasteiger charge is -2.09. The molecule has 3 rings (SSSR count). The monoisotopic (exact) mass is 295 g/mol. The van der Waals surface area contributed by atoms with E-state index >= 15 is 0 Å². The van der Waals surface area contributed by atoms with Crippen molar-refractivity contribution in [2.45, 2.75) is 6.04 Å². The van der Waals surface area contributed by atoms with Crippen LogP contribution in [0.15, 0.2) is 40.8 Å². The molecule has 21 heavy (non-hydrogen) atoms. The van der Waals surface area contributed by atoms with Crippen LogP contribution >= 0.6 is 0 Å². The first-order chi connectivity index (χ1) is 9.95. The quantitative estimate of drug-likeness (QED) is 0.572. The molecule has 2 aromatic carbocycles. The van der Waals surface area contributed by atoms with E-state index in [0.717, 1.165) is 12.1 Å². The highest BCUT2D eigenvalue weighted by Crippen LogP contribution is 2.28. The van der Waals surface area contributed by atoms with E-state index in [0.29, 0.717) is 11.0 Å². The van der Waals surface area contributed by atoms with Gasteiger partial charge in [-0.15, -0.1) is 0 Å². The maximum atomic E-state index is 13.2. The predicted octanol–water partition coefficient (Wildman–Crippen LogP) is 4.04. The molecule has 1 heterocycles. The summed E-state index contributed by atoms with van der Waals surface area (Å²) in [6, 6.07) is 5.98. The maximum absolute atomic E-state index is 13.2. The van der Waals surface area contributed by atoms with Crippen molar-refractivity contribution in [3.8, 4) is 0 Å². The average Bonchev–Trinajstić information content (AvgIpc) is 2.86. The maximum Gasteiger partial charge on any atom is 0.194 e. The Hall–Kier alpha value is -2.34. The van der Waals surface area contributed by atoms with Crippen molar-refractivity contribution in [1.82, 2.24) is 0 Å². The van der Waals surface area contributed by atoms with E-state index in [1.54, 1.807) is 0 Å². The average molecular weight is 295 g/mol. The van der Waals surface area contributed by atoms with Crippen LogP contribution in [0.3, 0.4) is 0 Å². The molecule has 1 unspecified atom stereocenters. The summed E-state index contributed by atoms with van der Waals surface area (Å²) in [6.45, 7) is 0. The SMILES string of the molecule is NC(c1cc(F)c(F)c(F)c1)c1cc2cc(F)ccc2o1. The van der Waals surface area contributed by atoms with Crippen molar-refractivity contribution in [3.05, 3.63) is 71.0 Å². The Morgan fingerprint density at radius 3 is 2.24 bits per heavy atom. The highest BCUT2D eigenvalue weighted by Gasteiger charge is 2.19. The van der Waals surface area contributed by atoms with Gasteiger partial charge >= 0.3 is 0 Å². The second-order valence-corrected chi connectivity index (χ2v) is 4.61. The molecule has 0 saturated heterocycles. The minimum absolute atomic E-state index is 0.0194. The fourth-order valence-electron chi connectivity index (χ4n) is 2.11. The van der Waals surface area contributed by atoms with E-state index in [1.165, 1.54) is 24.3 Å². The highest BCUT2D eigenvalue weighted by atomic mass is 19.2. The summed E-state index contributed by atoms with van der Waals surface area (Å²) in [5.41, 5.74) is 6.28. The third kappa shape index (κ3) is 2.38. The van der Waals surface area contributed by atoms with Gasteiger partial charge in [0, 0.05) is 5.39 Å². The molecule has 0 aliphatic rings. The third-order valence-electron chi connectivity index (χ3n) is 3.17. The summed E-state index contributed by atoms with van der Waals surface area (Å²) in [5.74, 6) is -4.47. The number of fused-ring (bicyclic) bond motifs is 1. The van der Waals surface area contributed by atoms with Crippen LogP contribution in [0.5, 0.6) is 0 Å². The molecule has 0 aliphatic carbocycles. The van der Waals surface area contributed by atoms with Crippen molar-refractivity contribution >= 4 is 11.0 Å². The third-order valence-corrected chi connectivity index (χ3v) is 3.17. The van der Waals surface area contributed by atoms with Crippen LogP contribution in [-0.4, -0.2) is 0 Å². The lowest BCUT2D eigenvalue weighted by Crippen LogP contribution is -2.12. The summed E-state index contributed by atoms with van der Waals surface area (Å²) in [7, 11) is 0. The van der Waals surface area contributed by atoms with Gasteiger partial charge in [-0.05, 0) is 42.0 Å². The molecule has 0 spiro atoms. The number of hydrogen-bond acceptors (Lipinski definition) is 2. The standard InChI is InChI=1S/C15H9F4NO/c16-9-1-2-12-7(3-9)6-13(21-12)15(20)8-4-10(17)14(19)11(18)5-8/h1-6,15H,20H2. The number of rotatable bonds is 2. The molecule has 0 aliphatic heterocycles. The second-order valence-electron chi connectivity index (χ2n) is 4.61. The molecule has 3 aromatic rings. The van der Waals surface area contributed by atoms with Crippen molar-refractivity contribution in [3.63, 3.8) is 0 Å². The van der Waals surface area contributed by atoms with Gasteiger partial charge in [-0.25, -0.2) is 17.6 Å². The fraction of sp³-hybridized carbons (Fsp3) is 0.0667. The molecule has 2 N–H and O–H groups in total. The van der Waals surface area contributed by atoms with Gasteiger partial charge in [-0.3, -0.25) is 0 Å². The summed E-state index contributed by atoms with van der Waals surface area (Å²) in [6.07, 6.45) is 0. The molecular formula is C15H9F4NO. The van der Waals surface area contributed by atoms with Gasteiger partial charge in [0.25, 0.3) is 0 Å². The van der Waals surface area contributed by atoms with Crippen LogP contribution in [0.4, 0.5) is 17.6 Å². The van der Waals surface area contributed by atoms with E-state index in [-0.39, 0.29) is 11.3 Å². The van der Waals surface area contributed by atoms with E-state index in [4.69, 9.17) is 10.2 Å². The Labute approximate surface area is 116 Å². The molecule has 0 saturated carbocycles. The van der Waals surface area contributed by atoms with Crippen LogP contribution in [0.25, 0.3) is 11.0 Å². The van der Waals surface area contributed by atoms with Gasteiger partial charge in [-0.1, -0.05) is 0 Å². The molecule has 0 radical (unpaired) electrons. The van der Waals surface area contributed by atoms with Crippen molar-refractivity contribution in [1.29, 1.82) is 0 Å². The Bertz CT molecular complexity index is 805. The molecule has 108 valence electrons. The lowest BCUT2D eigenvalue weighted by molar-refractivity contribution is 0.442. The van der Waals surface area contributed by atoms with Gasteiger partial charge in [0.1, 0.15) is 17.2 Å². The number of furan rings is 1. The first kappa shape index (κ1) is 13.6. The second kappa shape index (κ2) is 4.89. The normalized spacial score (nSPS) is 12.8. The molecule has 6 heteroatoms. The smallest absolute Gasteiger partial charge is 0.194 e. The van der Waals surface area contributed by atoms with Crippen molar-refractivity contribution in [2.24, 2.45) is 5.73 Å². The zero-order valence-electron chi connectivity index (χ0n) is 10.5. The van der Waals surface area contributed by atoms with Gasteiger partial charge in [-0.2, -0.15) is 0 Å². The van der Waals surface area contributed by atoms with Gasteiger partial charge < -0.3 is 10.2 Å². The summed E-state index contributed by atoms with van der Waals surface area (Å²) < 4.78 is 57.9. The molecule has 1 atom stereocenters. The minimum atomic E-state index is -1.56. The number of nitrogens with two attached hydrogens (primary N) is 1. The number of benzene rings is 2. The Morgan fingerprint density at radius 2 is 1.57 bits per heavy atom. The number of hydrogen-bond donors (Lipinski definition) is 1. The first-order valence-corrected chi connectivity index (χ1v) is 6.04. The fourth-order valence-corrected chi connectivity index (χ4v) is 2.11. The minimum Gasteiger partial charge on any atom is -0.459 e. The number of halogens is 4. The largest absolute Gasteiger partial charge is 0.459 e. The van der Waals surface area contributed by atoms with Gasteiger partial charge in [0.15, 0.2) is 17.5 Å². The van der Waals surface area contributed by atoms with E-state index in [1.807, 2.05) is 0 Å². The van der Waals surface area contributed by atoms with Crippen molar-refractivity contribution < 1.29 is 22.0 Å². The van der Waals surface area contributed by atoms with Crippen LogP contribution < -0.4 is 5.73 Å². The van der Waals surface area contributed by atoms with Crippen LogP contribution in [0.2, 0.25) is 0 Å². The lowest BCUT2D eigenvalue weighted by atomic mass is 10.0. The van der Waals surface area contributed by atoms with Gasteiger partial charge in [0.2, 0.25) is 0 Å². The predicted molar refractivity (Wildman–Crippen MR) is 68.5 cm³/mol. The first-order valence-electron chi connectivity index (χ1n) is 6.04.